The zero-order chi connectivity index (χ0) is 43.0. The molecule has 0 rings (SSSR count). The highest BCUT2D eigenvalue weighted by Gasteiger charge is 2.19. The van der Waals surface area contributed by atoms with Crippen LogP contribution in [0.15, 0.2) is 36.5 Å². The highest BCUT2D eigenvalue weighted by atomic mass is 16.6. The fourth-order valence-electron chi connectivity index (χ4n) is 7.27. The number of hydrogen-bond donors (Lipinski definition) is 0. The van der Waals surface area contributed by atoms with Crippen LogP contribution in [-0.4, -0.2) is 37.2 Å². The molecule has 0 radical (unpaired) electrons. The Balaban J connectivity index is 4.20. The number of hydrogen-bond acceptors (Lipinski definition) is 6. The first-order valence-electron chi connectivity index (χ1n) is 25.5. The average Bonchev–Trinajstić information content (AvgIpc) is 3.23. The van der Waals surface area contributed by atoms with E-state index in [0.29, 0.717) is 19.3 Å². The summed E-state index contributed by atoms with van der Waals surface area (Å²) in [7, 11) is 0. The van der Waals surface area contributed by atoms with Gasteiger partial charge in [-0.25, -0.2) is 0 Å². The first kappa shape index (κ1) is 56.6. The maximum absolute atomic E-state index is 12.7. The molecule has 0 aromatic rings. The van der Waals surface area contributed by atoms with E-state index in [9.17, 15) is 14.4 Å². The lowest BCUT2D eigenvalue weighted by Gasteiger charge is -2.18. The molecule has 59 heavy (non-hydrogen) atoms. The van der Waals surface area contributed by atoms with E-state index in [-0.39, 0.29) is 31.1 Å². The van der Waals surface area contributed by atoms with Gasteiger partial charge in [-0.2, -0.15) is 0 Å². The minimum Gasteiger partial charge on any atom is -0.462 e. The lowest BCUT2D eigenvalue weighted by Crippen LogP contribution is -2.30. The number of unbranched alkanes of at least 4 members (excludes halogenated alkanes) is 29. The number of ether oxygens (including phenoxy) is 3. The summed E-state index contributed by atoms with van der Waals surface area (Å²) in [6.45, 7) is 6.57. The van der Waals surface area contributed by atoms with Gasteiger partial charge in [-0.05, 0) is 57.8 Å². The molecule has 0 aliphatic rings. The summed E-state index contributed by atoms with van der Waals surface area (Å²) in [5, 5.41) is 0. The van der Waals surface area contributed by atoms with Crippen LogP contribution in [0.3, 0.4) is 0 Å². The Hall–Kier alpha value is -2.37. The first-order valence-corrected chi connectivity index (χ1v) is 25.5. The van der Waals surface area contributed by atoms with Gasteiger partial charge in [0.05, 0.1) is 0 Å². The topological polar surface area (TPSA) is 78.9 Å². The highest BCUT2D eigenvalue weighted by Crippen LogP contribution is 2.15. The fraction of sp³-hybridized carbons (Fsp3) is 0.830. The zero-order valence-electron chi connectivity index (χ0n) is 39.3. The molecule has 0 fully saturated rings. The minimum absolute atomic E-state index is 0.0741. The Labute approximate surface area is 365 Å². The van der Waals surface area contributed by atoms with Crippen molar-refractivity contribution in [3.63, 3.8) is 0 Å². The Bertz CT molecular complexity index is 1000. The van der Waals surface area contributed by atoms with Crippen molar-refractivity contribution < 1.29 is 28.6 Å². The molecule has 0 bridgehead atoms. The molecule has 0 saturated heterocycles. The van der Waals surface area contributed by atoms with Gasteiger partial charge in [0.15, 0.2) is 6.10 Å². The van der Waals surface area contributed by atoms with E-state index in [4.69, 9.17) is 14.2 Å². The van der Waals surface area contributed by atoms with Gasteiger partial charge in [-0.3, -0.25) is 14.4 Å². The van der Waals surface area contributed by atoms with Crippen molar-refractivity contribution in [2.45, 2.75) is 271 Å². The quantitative estimate of drug-likeness (QED) is 0.0263. The molecule has 6 heteroatoms. The van der Waals surface area contributed by atoms with Crippen molar-refractivity contribution >= 4 is 17.9 Å². The molecule has 1 atom stereocenters. The van der Waals surface area contributed by atoms with Crippen molar-refractivity contribution in [2.24, 2.45) is 0 Å². The van der Waals surface area contributed by atoms with Gasteiger partial charge in [0, 0.05) is 19.3 Å². The van der Waals surface area contributed by atoms with Crippen molar-refractivity contribution in [3.05, 3.63) is 36.5 Å². The third-order valence-corrected chi connectivity index (χ3v) is 11.1. The highest BCUT2D eigenvalue weighted by molar-refractivity contribution is 5.71. The number of esters is 3. The number of rotatable bonds is 46. The summed E-state index contributed by atoms with van der Waals surface area (Å²) in [5.41, 5.74) is 0. The molecule has 0 aromatic heterocycles. The predicted octanol–water partition coefficient (Wildman–Crippen LogP) is 16.5. The van der Waals surface area contributed by atoms with E-state index in [2.05, 4.69) is 57.2 Å². The summed E-state index contributed by atoms with van der Waals surface area (Å²) in [5.74, 6) is -0.888. The maximum atomic E-state index is 12.7. The Kier molecular flexibility index (Phi) is 46.4. The Morgan fingerprint density at radius 1 is 0.339 bits per heavy atom. The molecule has 0 amide bonds. The number of allylic oxidation sites excluding steroid dienone is 6. The first-order chi connectivity index (χ1) is 29.0. The summed E-state index contributed by atoms with van der Waals surface area (Å²) >= 11 is 0. The molecule has 6 nitrogen and oxygen atoms in total. The molecular formula is C53H96O6. The molecular weight excluding hydrogens is 733 g/mol. The molecule has 0 saturated carbocycles. The lowest BCUT2D eigenvalue weighted by atomic mass is 10.0. The van der Waals surface area contributed by atoms with E-state index < -0.39 is 6.10 Å². The van der Waals surface area contributed by atoms with Gasteiger partial charge in [0.2, 0.25) is 0 Å². The van der Waals surface area contributed by atoms with E-state index >= 15 is 0 Å². The van der Waals surface area contributed by atoms with Crippen LogP contribution in [0.5, 0.6) is 0 Å². The maximum Gasteiger partial charge on any atom is 0.306 e. The van der Waals surface area contributed by atoms with Crippen LogP contribution >= 0.6 is 0 Å². The second-order valence-corrected chi connectivity index (χ2v) is 17.1. The van der Waals surface area contributed by atoms with Crippen molar-refractivity contribution in [1.29, 1.82) is 0 Å². The molecule has 0 aliphatic heterocycles. The third kappa shape index (κ3) is 46.5. The minimum atomic E-state index is -0.770. The van der Waals surface area contributed by atoms with Gasteiger partial charge in [0.1, 0.15) is 13.2 Å². The molecule has 0 N–H and O–H groups in total. The summed E-state index contributed by atoms with van der Waals surface area (Å²) in [6, 6.07) is 0. The number of carbonyl (C=O) groups is 3. The normalized spacial score (nSPS) is 12.3. The van der Waals surface area contributed by atoms with E-state index in [1.54, 1.807) is 0 Å². The van der Waals surface area contributed by atoms with Gasteiger partial charge >= 0.3 is 17.9 Å². The van der Waals surface area contributed by atoms with Gasteiger partial charge < -0.3 is 14.2 Å². The van der Waals surface area contributed by atoms with Crippen LogP contribution < -0.4 is 0 Å². The van der Waals surface area contributed by atoms with Crippen molar-refractivity contribution in [3.8, 4) is 0 Å². The van der Waals surface area contributed by atoms with Gasteiger partial charge in [-0.1, -0.05) is 224 Å². The van der Waals surface area contributed by atoms with Crippen LogP contribution in [-0.2, 0) is 28.6 Å². The van der Waals surface area contributed by atoms with Crippen molar-refractivity contribution in [1.82, 2.24) is 0 Å². The molecule has 0 aromatic carbocycles. The molecule has 0 heterocycles. The average molecular weight is 829 g/mol. The van der Waals surface area contributed by atoms with Crippen LogP contribution in [0.1, 0.15) is 265 Å². The smallest absolute Gasteiger partial charge is 0.306 e. The van der Waals surface area contributed by atoms with E-state index in [0.717, 1.165) is 77.0 Å². The largest absolute Gasteiger partial charge is 0.462 e. The second-order valence-electron chi connectivity index (χ2n) is 17.1. The molecule has 0 aliphatic carbocycles. The monoisotopic (exact) mass is 829 g/mol. The van der Waals surface area contributed by atoms with Crippen LogP contribution in [0, 0.1) is 0 Å². The zero-order valence-corrected chi connectivity index (χ0v) is 39.3. The Morgan fingerprint density at radius 3 is 0.949 bits per heavy atom. The molecule has 344 valence electrons. The summed E-state index contributed by atoms with van der Waals surface area (Å²) < 4.78 is 16.7. The standard InChI is InChI=1S/C53H96O6/c1-4-7-10-13-16-18-20-22-24-25-26-27-28-29-30-32-33-35-37-40-43-46-52(55)58-49-50(48-57-51(54)45-42-39-15-12-9-6-3)59-53(56)47-44-41-38-36-34-31-23-21-19-17-14-11-8-5-2/h20,22,25-26,28-29,50H,4-19,21,23-24,27,30-49H2,1-3H3/b22-20-,26-25-,29-28-. The van der Waals surface area contributed by atoms with Crippen LogP contribution in [0.2, 0.25) is 0 Å². The molecule has 0 spiro atoms. The Morgan fingerprint density at radius 2 is 0.610 bits per heavy atom. The fourth-order valence-corrected chi connectivity index (χ4v) is 7.27. The summed E-state index contributed by atoms with van der Waals surface area (Å²) in [6.07, 6.45) is 55.8. The van der Waals surface area contributed by atoms with Crippen LogP contribution in [0.4, 0.5) is 0 Å². The number of carbonyl (C=O) groups excluding carboxylic acids is 3. The summed E-state index contributed by atoms with van der Waals surface area (Å²) in [4.78, 5) is 37.7. The van der Waals surface area contributed by atoms with Crippen molar-refractivity contribution in [2.75, 3.05) is 13.2 Å². The van der Waals surface area contributed by atoms with Gasteiger partial charge in [-0.15, -0.1) is 0 Å². The predicted molar refractivity (Wildman–Crippen MR) is 252 cm³/mol. The van der Waals surface area contributed by atoms with Gasteiger partial charge in [0.25, 0.3) is 0 Å². The van der Waals surface area contributed by atoms with E-state index in [1.807, 2.05) is 0 Å². The van der Waals surface area contributed by atoms with E-state index in [1.165, 1.54) is 148 Å². The van der Waals surface area contributed by atoms with Crippen LogP contribution in [0.25, 0.3) is 0 Å². The lowest BCUT2D eigenvalue weighted by molar-refractivity contribution is -0.167. The second kappa shape index (κ2) is 48.3. The molecule has 1 unspecified atom stereocenters. The third-order valence-electron chi connectivity index (χ3n) is 11.1. The SMILES string of the molecule is CCCCCCC/C=C\C/C=C\C/C=C\CCCCCCCCC(=O)OCC(COC(=O)CCCCCCCC)OC(=O)CCCCCCCCCCCCCCCC.